The van der Waals surface area contributed by atoms with Gasteiger partial charge >= 0.3 is 5.97 Å². The molecule has 182 valence electrons. The van der Waals surface area contributed by atoms with E-state index in [0.29, 0.717) is 35.5 Å². The van der Waals surface area contributed by atoms with Crippen molar-refractivity contribution >= 4 is 43.1 Å². The molecule has 1 saturated heterocycles. The third-order valence-electron chi connectivity index (χ3n) is 7.10. The summed E-state index contributed by atoms with van der Waals surface area (Å²) in [6.45, 7) is 3.30. The van der Waals surface area contributed by atoms with E-state index < -0.39 is 21.5 Å². The van der Waals surface area contributed by atoms with E-state index in [2.05, 4.69) is 15.9 Å². The molecule has 2 heterocycles. The van der Waals surface area contributed by atoms with Crippen LogP contribution in [0, 0.1) is 5.92 Å². The highest BCUT2D eigenvalue weighted by molar-refractivity contribution is 9.10. The zero-order valence-electron chi connectivity index (χ0n) is 19.3. The molecule has 3 aliphatic rings. The molecule has 0 N–H and O–H groups in total. The van der Waals surface area contributed by atoms with Gasteiger partial charge in [-0.2, -0.15) is 0 Å². The molecule has 0 amide bonds. The van der Waals surface area contributed by atoms with Gasteiger partial charge in [0.15, 0.2) is 5.79 Å². The largest absolute Gasteiger partial charge is 0.466 e. The number of rotatable bonds is 5. The Morgan fingerprint density at radius 3 is 2.68 bits per heavy atom. The number of carbonyl (C=O) groups excluding carboxylic acids is 1. The molecule has 5 rings (SSSR count). The monoisotopic (exact) mass is 549 g/mol. The first-order valence-corrected chi connectivity index (χ1v) is 13.9. The van der Waals surface area contributed by atoms with Crippen LogP contribution in [0.15, 0.2) is 50.7 Å². The fourth-order valence-corrected chi connectivity index (χ4v) is 7.67. The van der Waals surface area contributed by atoms with E-state index in [1.165, 1.54) is 0 Å². The molecule has 0 radical (unpaired) electrons. The predicted octanol–water partition coefficient (Wildman–Crippen LogP) is 4.94. The van der Waals surface area contributed by atoms with Crippen molar-refractivity contribution in [2.24, 2.45) is 5.92 Å². The van der Waals surface area contributed by atoms with E-state index in [4.69, 9.17) is 14.2 Å². The van der Waals surface area contributed by atoms with Crippen LogP contribution in [-0.4, -0.2) is 47.0 Å². The Balaban J connectivity index is 1.49. The summed E-state index contributed by atoms with van der Waals surface area (Å²) < 4.78 is 44.6. The lowest BCUT2D eigenvalue weighted by Crippen LogP contribution is -2.27. The Kier molecular flexibility index (Phi) is 6.25. The van der Waals surface area contributed by atoms with Crippen LogP contribution in [0.25, 0.3) is 0 Å². The average Bonchev–Trinajstić information content (AvgIpc) is 3.45. The van der Waals surface area contributed by atoms with Crippen molar-refractivity contribution in [3.63, 3.8) is 0 Å². The van der Waals surface area contributed by atoms with Gasteiger partial charge in [-0.3, -0.25) is 4.79 Å². The van der Waals surface area contributed by atoms with Crippen LogP contribution < -0.4 is 4.90 Å². The summed E-state index contributed by atoms with van der Waals surface area (Å²) in [6.07, 6.45) is 3.10. The Morgan fingerprint density at radius 2 is 1.94 bits per heavy atom. The minimum Gasteiger partial charge on any atom is -0.466 e. The number of sulfone groups is 1. The first-order chi connectivity index (χ1) is 16.2. The lowest BCUT2D eigenvalue weighted by molar-refractivity contribution is -0.154. The lowest BCUT2D eigenvalue weighted by Gasteiger charge is -2.31. The number of anilines is 2. The number of halogens is 1. The first-order valence-electron chi connectivity index (χ1n) is 11.6. The van der Waals surface area contributed by atoms with Crippen molar-refractivity contribution in [2.75, 3.05) is 31.8 Å². The summed E-state index contributed by atoms with van der Waals surface area (Å²) in [7, 11) is -1.84. The molecule has 2 fully saturated rings. The fraction of sp³-hybridized carbons (Fsp3) is 0.480. The minimum atomic E-state index is -3.69. The normalized spacial score (nSPS) is 22.9. The highest BCUT2D eigenvalue weighted by Gasteiger charge is 2.45. The predicted molar refractivity (Wildman–Crippen MR) is 130 cm³/mol. The third kappa shape index (κ3) is 4.06. The second-order valence-electron chi connectivity index (χ2n) is 9.16. The quantitative estimate of drug-likeness (QED) is 0.488. The number of benzene rings is 2. The molecule has 34 heavy (non-hydrogen) atoms. The number of fused-ring (bicyclic) bond motifs is 2. The molecule has 9 heteroatoms. The maximum Gasteiger partial charge on any atom is 0.313 e. The Morgan fingerprint density at radius 1 is 1.18 bits per heavy atom. The number of esters is 1. The van der Waals surface area contributed by atoms with Gasteiger partial charge in [-0.05, 0) is 61.6 Å². The van der Waals surface area contributed by atoms with Crippen molar-refractivity contribution < 1.29 is 27.4 Å². The molecule has 1 spiro atoms. The van der Waals surface area contributed by atoms with E-state index in [1.54, 1.807) is 31.2 Å². The summed E-state index contributed by atoms with van der Waals surface area (Å²) in [5.74, 6) is -1.04. The number of ether oxygens (including phenoxy) is 3. The van der Waals surface area contributed by atoms with Gasteiger partial charge in [-0.1, -0.05) is 22.0 Å². The van der Waals surface area contributed by atoms with E-state index >= 15 is 0 Å². The van der Waals surface area contributed by atoms with Crippen molar-refractivity contribution in [1.29, 1.82) is 0 Å². The molecule has 0 bridgehead atoms. The van der Waals surface area contributed by atoms with Crippen LogP contribution in [0.1, 0.15) is 44.1 Å². The highest BCUT2D eigenvalue weighted by Crippen LogP contribution is 2.47. The molecule has 2 aromatic carbocycles. The summed E-state index contributed by atoms with van der Waals surface area (Å²) in [4.78, 5) is 15.4. The Bertz CT molecular complexity index is 1220. The second kappa shape index (κ2) is 8.93. The van der Waals surface area contributed by atoms with Gasteiger partial charge in [0.1, 0.15) is 0 Å². The smallest absolute Gasteiger partial charge is 0.313 e. The van der Waals surface area contributed by atoms with Crippen molar-refractivity contribution in [3.8, 4) is 0 Å². The van der Waals surface area contributed by atoms with Gasteiger partial charge in [0, 0.05) is 24.4 Å². The maximum atomic E-state index is 13.4. The van der Waals surface area contributed by atoms with Crippen LogP contribution in [0.5, 0.6) is 0 Å². The zero-order chi connectivity index (χ0) is 24.1. The molecule has 2 aliphatic heterocycles. The van der Waals surface area contributed by atoms with Crippen LogP contribution in [0.3, 0.4) is 0 Å². The van der Waals surface area contributed by atoms with Crippen molar-refractivity contribution in [3.05, 3.63) is 46.4 Å². The summed E-state index contributed by atoms with van der Waals surface area (Å²) >= 11 is 3.37. The summed E-state index contributed by atoms with van der Waals surface area (Å²) in [5.41, 5.74) is 1.93. The molecular formula is C25H28BrNO6S. The second-order valence-corrected chi connectivity index (χ2v) is 12.0. The summed E-state index contributed by atoms with van der Waals surface area (Å²) in [6, 6.07) is 10.4. The van der Waals surface area contributed by atoms with Crippen LogP contribution in [0.4, 0.5) is 11.4 Å². The van der Waals surface area contributed by atoms with Gasteiger partial charge in [0.2, 0.25) is 9.84 Å². The third-order valence-corrected chi connectivity index (χ3v) is 9.42. The van der Waals surface area contributed by atoms with Crippen molar-refractivity contribution in [1.82, 2.24) is 0 Å². The van der Waals surface area contributed by atoms with Crippen LogP contribution in [0.2, 0.25) is 0 Å². The Labute approximate surface area is 208 Å². The SMILES string of the molecule is CCOC(=O)C(CC1CCC2(C1)OCCO2)c1ccc2c(c1)N(C)c1ccc(Br)cc1S2(=O)=O. The van der Waals surface area contributed by atoms with E-state index in [0.717, 1.165) is 24.8 Å². The van der Waals surface area contributed by atoms with E-state index in [1.807, 2.05) is 24.1 Å². The van der Waals surface area contributed by atoms with Crippen LogP contribution in [-0.2, 0) is 28.8 Å². The molecule has 1 saturated carbocycles. The molecule has 2 aromatic rings. The van der Waals surface area contributed by atoms with Crippen LogP contribution >= 0.6 is 15.9 Å². The molecule has 1 aliphatic carbocycles. The van der Waals surface area contributed by atoms with Crippen molar-refractivity contribution in [2.45, 2.75) is 54.1 Å². The van der Waals surface area contributed by atoms with Gasteiger partial charge in [-0.25, -0.2) is 8.42 Å². The standard InChI is InChI=1S/C25H28BrNO6S/c1-3-31-24(28)19(12-16-8-9-25(15-16)32-10-11-33-25)17-4-7-22-21(13-17)27(2)20-6-5-18(26)14-23(20)34(22,29)30/h4-7,13-14,16,19H,3,8-12,15H2,1-2H3. The minimum absolute atomic E-state index is 0.236. The average molecular weight is 550 g/mol. The van der Waals surface area contributed by atoms with Gasteiger partial charge in [0.05, 0.1) is 46.9 Å². The summed E-state index contributed by atoms with van der Waals surface area (Å²) in [5, 5.41) is 0. The van der Waals surface area contributed by atoms with E-state index in [-0.39, 0.29) is 28.3 Å². The number of nitrogens with zero attached hydrogens (tertiary/aromatic N) is 1. The maximum absolute atomic E-state index is 13.4. The molecule has 2 atom stereocenters. The highest BCUT2D eigenvalue weighted by atomic mass is 79.9. The molecular weight excluding hydrogens is 522 g/mol. The van der Waals surface area contributed by atoms with Gasteiger partial charge < -0.3 is 19.1 Å². The van der Waals surface area contributed by atoms with Gasteiger partial charge in [0.25, 0.3) is 0 Å². The lowest BCUT2D eigenvalue weighted by atomic mass is 9.87. The van der Waals surface area contributed by atoms with Gasteiger partial charge in [-0.15, -0.1) is 0 Å². The first kappa shape index (κ1) is 23.8. The number of hydrogen-bond donors (Lipinski definition) is 0. The molecule has 2 unspecified atom stereocenters. The fourth-order valence-electron chi connectivity index (χ4n) is 5.44. The molecule has 0 aromatic heterocycles. The molecule has 7 nitrogen and oxygen atoms in total. The van der Waals surface area contributed by atoms with E-state index in [9.17, 15) is 13.2 Å². The topological polar surface area (TPSA) is 82.1 Å². The number of hydrogen-bond acceptors (Lipinski definition) is 7. The zero-order valence-corrected chi connectivity index (χ0v) is 21.7. The Hall–Kier alpha value is -1.94. The number of carbonyl (C=O) groups is 1.